The third-order valence-corrected chi connectivity index (χ3v) is 9.82. The molecule has 1 amide bonds. The first-order valence-electron chi connectivity index (χ1n) is 14.4. The Balaban J connectivity index is 1.59. The summed E-state index contributed by atoms with van der Waals surface area (Å²) in [5, 5.41) is 20.5. The number of rotatable bonds is 14. The first-order valence-corrected chi connectivity index (χ1v) is 16.7. The Morgan fingerprint density at radius 3 is 2.34 bits per heavy atom. The fraction of sp³-hybridized carbons (Fsp3) is 0.333. The van der Waals surface area contributed by atoms with Crippen molar-refractivity contribution in [1.29, 1.82) is 0 Å². The predicted octanol–water partition coefficient (Wildman–Crippen LogP) is 5.56. The van der Waals surface area contributed by atoms with Crippen LogP contribution in [0.15, 0.2) is 83.1 Å². The lowest BCUT2D eigenvalue weighted by Crippen LogP contribution is -2.51. The Bertz CT molecular complexity index is 1640. The van der Waals surface area contributed by atoms with Crippen molar-refractivity contribution in [3.8, 4) is 5.75 Å². The number of aryl methyl sites for hydroxylation is 2. The van der Waals surface area contributed by atoms with Gasteiger partial charge in [0.25, 0.3) is 5.91 Å². The number of ether oxygens (including phenoxy) is 1. The highest BCUT2D eigenvalue weighted by Gasteiger charge is 2.31. The molecule has 9 nitrogen and oxygen atoms in total. The topological polar surface area (TPSA) is 121 Å². The molecule has 0 radical (unpaired) electrons. The summed E-state index contributed by atoms with van der Waals surface area (Å²) in [4.78, 5) is 18.2. The summed E-state index contributed by atoms with van der Waals surface area (Å²) < 4.78 is 33.9. The van der Waals surface area contributed by atoms with Crippen molar-refractivity contribution >= 4 is 38.1 Å². The van der Waals surface area contributed by atoms with Crippen molar-refractivity contribution in [1.82, 2.24) is 14.6 Å². The fourth-order valence-corrected chi connectivity index (χ4v) is 7.06. The molecule has 0 unspecified atom stereocenters. The summed E-state index contributed by atoms with van der Waals surface area (Å²) in [6, 6.07) is 20.2. The van der Waals surface area contributed by atoms with Crippen LogP contribution in [0, 0.1) is 19.8 Å². The average Bonchev–Trinajstić information content (AvgIpc) is 3.42. The van der Waals surface area contributed by atoms with E-state index < -0.39 is 22.2 Å². The Morgan fingerprint density at radius 2 is 1.73 bits per heavy atom. The second-order valence-corrected chi connectivity index (χ2v) is 14.0. The van der Waals surface area contributed by atoms with E-state index in [9.17, 15) is 18.3 Å². The molecule has 2 atom stereocenters. The van der Waals surface area contributed by atoms with Crippen molar-refractivity contribution in [3.05, 3.63) is 101 Å². The van der Waals surface area contributed by atoms with E-state index in [1.54, 1.807) is 24.3 Å². The molecule has 0 saturated carbocycles. The second-order valence-electron chi connectivity index (χ2n) is 11.2. The maximum Gasteiger partial charge on any atom is 0.251 e. The van der Waals surface area contributed by atoms with Gasteiger partial charge in [-0.25, -0.2) is 13.4 Å². The lowest BCUT2D eigenvalue weighted by atomic mass is 10.00. The van der Waals surface area contributed by atoms with Gasteiger partial charge in [-0.15, -0.1) is 11.3 Å². The first kappa shape index (κ1) is 33.1. The van der Waals surface area contributed by atoms with E-state index in [4.69, 9.17) is 4.74 Å². The molecule has 0 aliphatic carbocycles. The van der Waals surface area contributed by atoms with Gasteiger partial charge >= 0.3 is 0 Å². The zero-order chi connectivity index (χ0) is 31.9. The van der Waals surface area contributed by atoms with Crippen molar-refractivity contribution in [2.45, 2.75) is 51.2 Å². The van der Waals surface area contributed by atoms with Crippen molar-refractivity contribution in [2.75, 3.05) is 25.5 Å². The molecule has 0 saturated heterocycles. The van der Waals surface area contributed by atoms with E-state index in [2.05, 4.69) is 15.6 Å². The monoisotopic (exact) mass is 636 g/mol. The number of amides is 1. The van der Waals surface area contributed by atoms with Crippen LogP contribution in [0.1, 0.15) is 41.0 Å². The fourth-order valence-electron chi connectivity index (χ4n) is 4.74. The van der Waals surface area contributed by atoms with E-state index in [0.29, 0.717) is 17.7 Å². The number of nitrogens with zero attached hydrogens (tertiary/aromatic N) is 2. The molecule has 1 heterocycles. The highest BCUT2D eigenvalue weighted by molar-refractivity contribution is 7.89. The number of thiazole rings is 1. The largest absolute Gasteiger partial charge is 0.497 e. The van der Waals surface area contributed by atoms with Gasteiger partial charge in [-0.05, 0) is 73.7 Å². The Morgan fingerprint density at radius 1 is 1.02 bits per heavy atom. The molecule has 0 fully saturated rings. The third-order valence-electron chi connectivity index (χ3n) is 7.10. The molecular weight excluding hydrogens is 597 g/mol. The molecule has 1 aromatic heterocycles. The minimum Gasteiger partial charge on any atom is -0.497 e. The molecular formula is C33H40N4O5S2. The maximum absolute atomic E-state index is 13.7. The minimum atomic E-state index is -3.95. The summed E-state index contributed by atoms with van der Waals surface area (Å²) in [6.07, 6.45) is -0.895. The molecule has 0 spiro atoms. The molecule has 0 bridgehead atoms. The minimum absolute atomic E-state index is 0.00232. The van der Waals surface area contributed by atoms with Crippen LogP contribution in [-0.4, -0.2) is 61.1 Å². The second kappa shape index (κ2) is 14.8. The standard InChI is InChI=1S/C33H40N4O5S2/c1-22(2)19-37(44(40,41)28-15-13-27(42-5)14-16-28)20-31(38)30(17-25-9-7-6-8-10-25)35-32(39)26-12-11-23(3)29(18-26)36-33-34-24(4)21-43-33/h6-16,18,21-22,30-31,38H,17,19-20H2,1-5H3,(H,34,36)(H,35,39)/t30-,31+/m0/s1. The zero-order valence-electron chi connectivity index (χ0n) is 25.7. The Labute approximate surface area is 264 Å². The van der Waals surface area contributed by atoms with E-state index >= 15 is 0 Å². The Kier molecular flexibility index (Phi) is 11.1. The predicted molar refractivity (Wildman–Crippen MR) is 175 cm³/mol. The Hall–Kier alpha value is -3.77. The van der Waals surface area contributed by atoms with Gasteiger partial charge in [-0.2, -0.15) is 4.31 Å². The third kappa shape index (κ3) is 8.66. The van der Waals surface area contributed by atoms with E-state index in [1.807, 2.05) is 69.5 Å². The number of aromatic nitrogens is 1. The molecule has 3 aromatic carbocycles. The highest BCUT2D eigenvalue weighted by Crippen LogP contribution is 2.25. The molecule has 234 valence electrons. The van der Waals surface area contributed by atoms with Crippen molar-refractivity contribution in [3.63, 3.8) is 0 Å². The van der Waals surface area contributed by atoms with Crippen LogP contribution in [-0.2, 0) is 16.4 Å². The normalized spacial score (nSPS) is 13.1. The number of methoxy groups -OCH3 is 1. The number of benzene rings is 3. The number of hydrogen-bond donors (Lipinski definition) is 3. The van der Waals surface area contributed by atoms with Crippen molar-refractivity contribution in [2.24, 2.45) is 5.92 Å². The number of aliphatic hydroxyl groups excluding tert-OH is 1. The van der Waals surface area contributed by atoms with Gasteiger partial charge in [0.1, 0.15) is 5.75 Å². The van der Waals surface area contributed by atoms with Gasteiger partial charge in [0, 0.05) is 29.7 Å². The average molecular weight is 637 g/mol. The van der Waals surface area contributed by atoms with Crippen LogP contribution < -0.4 is 15.4 Å². The molecule has 11 heteroatoms. The van der Waals surface area contributed by atoms with Gasteiger partial charge in [0.2, 0.25) is 10.0 Å². The molecule has 0 aliphatic rings. The number of anilines is 2. The number of carbonyl (C=O) groups is 1. The smallest absolute Gasteiger partial charge is 0.251 e. The summed E-state index contributed by atoms with van der Waals surface area (Å²) in [7, 11) is -2.43. The zero-order valence-corrected chi connectivity index (χ0v) is 27.3. The van der Waals surface area contributed by atoms with Gasteiger partial charge in [-0.1, -0.05) is 50.2 Å². The van der Waals surface area contributed by atoms with Crippen LogP contribution in [0.5, 0.6) is 5.75 Å². The number of carbonyl (C=O) groups excluding carboxylic acids is 1. The highest BCUT2D eigenvalue weighted by atomic mass is 32.2. The lowest BCUT2D eigenvalue weighted by Gasteiger charge is -2.31. The molecule has 44 heavy (non-hydrogen) atoms. The summed E-state index contributed by atoms with van der Waals surface area (Å²) in [5.74, 6) is 0.163. The summed E-state index contributed by atoms with van der Waals surface area (Å²) in [6.45, 7) is 7.69. The molecule has 4 rings (SSSR count). The van der Waals surface area contributed by atoms with Gasteiger partial charge in [0.05, 0.1) is 29.8 Å². The maximum atomic E-state index is 13.7. The lowest BCUT2D eigenvalue weighted by molar-refractivity contribution is 0.0776. The molecule has 3 N–H and O–H groups in total. The quantitative estimate of drug-likeness (QED) is 0.166. The van der Waals surface area contributed by atoms with Crippen LogP contribution in [0.2, 0.25) is 0 Å². The van der Waals surface area contributed by atoms with Gasteiger partial charge in [0.15, 0.2) is 5.13 Å². The molecule has 4 aromatic rings. The van der Waals surface area contributed by atoms with Crippen LogP contribution in [0.3, 0.4) is 0 Å². The van der Waals surface area contributed by atoms with E-state index in [-0.39, 0.29) is 29.8 Å². The number of nitrogens with one attached hydrogen (secondary N) is 2. The summed E-state index contributed by atoms with van der Waals surface area (Å²) >= 11 is 1.48. The van der Waals surface area contributed by atoms with Crippen LogP contribution in [0.25, 0.3) is 0 Å². The van der Waals surface area contributed by atoms with Crippen LogP contribution in [0.4, 0.5) is 10.8 Å². The number of hydrogen-bond acceptors (Lipinski definition) is 8. The van der Waals surface area contributed by atoms with Gasteiger partial charge < -0.3 is 20.5 Å². The molecule has 0 aliphatic heterocycles. The number of sulfonamides is 1. The van der Waals surface area contributed by atoms with E-state index in [1.165, 1.54) is 34.9 Å². The van der Waals surface area contributed by atoms with Gasteiger partial charge in [-0.3, -0.25) is 4.79 Å². The SMILES string of the molecule is COc1ccc(S(=O)(=O)N(CC(C)C)C[C@@H](O)[C@H](Cc2ccccc2)NC(=O)c2ccc(C)c(Nc3nc(C)cs3)c2)cc1. The van der Waals surface area contributed by atoms with E-state index in [0.717, 1.165) is 27.6 Å². The van der Waals surface area contributed by atoms with Crippen LogP contribution >= 0.6 is 11.3 Å². The first-order chi connectivity index (χ1) is 21.0. The summed E-state index contributed by atoms with van der Waals surface area (Å²) in [5.41, 5.74) is 3.91. The number of aliphatic hydroxyl groups is 1. The van der Waals surface area contributed by atoms with Crippen molar-refractivity contribution < 1.29 is 23.1 Å².